The van der Waals surface area contributed by atoms with Gasteiger partial charge in [-0.1, -0.05) is 0 Å². The highest BCUT2D eigenvalue weighted by atomic mass is 19.1. The van der Waals surface area contributed by atoms with Gasteiger partial charge in [-0.2, -0.15) is 0 Å². The molecular formula is C35H35FN8O. The zero-order valence-electron chi connectivity index (χ0n) is 25.8. The highest BCUT2D eigenvalue weighted by Crippen LogP contribution is 2.32. The fourth-order valence-corrected chi connectivity index (χ4v) is 5.16. The number of ether oxygens (including phenoxy) is 1. The van der Waals surface area contributed by atoms with Gasteiger partial charge >= 0.3 is 0 Å². The molecule has 0 unspecified atom stereocenters. The molecule has 2 aromatic heterocycles. The molecule has 2 heterocycles. The van der Waals surface area contributed by atoms with Crippen LogP contribution in [0.3, 0.4) is 0 Å². The first-order valence-electron chi connectivity index (χ1n) is 14.8. The maximum Gasteiger partial charge on any atom is 0.166 e. The minimum atomic E-state index is -0.510. The van der Waals surface area contributed by atoms with E-state index in [1.165, 1.54) is 6.07 Å². The topological polar surface area (TPSA) is 138 Å². The number of nitrogens with zero attached hydrogens (tertiary/aromatic N) is 2. The second kappa shape index (κ2) is 11.9. The standard InChI is InChI=1S/C35H35FN8O/c1-18(2)39-32(37)21-6-11-27-29(16-21)43-34(41-27)23-8-13-31(26(36)15-23)45-24-9-10-25(20(5)14-24)35-42-28-12-7-22(17-30(28)44-35)33(38)40-19(3)4/h6-19H,1-5H3,(H2,37,39)(H2,38,40)(H,41,43)(H,42,44). The SMILES string of the molecule is Cc1cc(Oc2ccc(-c3nc4ccc(C(=N)NC(C)C)cc4[nH]3)cc2F)ccc1-c1nc2ccc(C(=N)NC(C)C)cc2[nH]1. The van der Waals surface area contributed by atoms with E-state index in [0.29, 0.717) is 34.6 Å². The Morgan fingerprint density at radius 2 is 1.31 bits per heavy atom. The van der Waals surface area contributed by atoms with Gasteiger partial charge in [-0.15, -0.1) is 0 Å². The van der Waals surface area contributed by atoms with Crippen molar-refractivity contribution in [2.45, 2.75) is 46.7 Å². The summed E-state index contributed by atoms with van der Waals surface area (Å²) in [7, 11) is 0. The first kappa shape index (κ1) is 29.6. The molecule has 6 aromatic rings. The zero-order chi connectivity index (χ0) is 31.8. The van der Waals surface area contributed by atoms with Gasteiger partial charge in [0.05, 0.1) is 22.1 Å². The van der Waals surface area contributed by atoms with Gasteiger partial charge in [0, 0.05) is 34.3 Å². The van der Waals surface area contributed by atoms with E-state index in [-0.39, 0.29) is 17.8 Å². The molecular weight excluding hydrogens is 567 g/mol. The summed E-state index contributed by atoms with van der Waals surface area (Å²) in [6, 6.07) is 21.9. The molecule has 10 heteroatoms. The minimum Gasteiger partial charge on any atom is -0.454 e. The lowest BCUT2D eigenvalue weighted by atomic mass is 10.1. The third-order valence-corrected chi connectivity index (χ3v) is 7.29. The summed E-state index contributed by atoms with van der Waals surface area (Å²) in [5, 5.41) is 22.8. The van der Waals surface area contributed by atoms with Crippen molar-refractivity contribution in [1.29, 1.82) is 10.8 Å². The van der Waals surface area contributed by atoms with Gasteiger partial charge in [0.25, 0.3) is 0 Å². The Morgan fingerprint density at radius 3 is 1.87 bits per heavy atom. The number of aromatic amines is 2. The molecule has 0 saturated heterocycles. The molecule has 0 atom stereocenters. The number of rotatable bonds is 8. The summed E-state index contributed by atoms with van der Waals surface area (Å²) in [6.07, 6.45) is 0. The molecule has 0 amide bonds. The summed E-state index contributed by atoms with van der Waals surface area (Å²) in [5.74, 6) is 2.03. The van der Waals surface area contributed by atoms with E-state index >= 15 is 4.39 Å². The number of amidine groups is 2. The number of hydrogen-bond donors (Lipinski definition) is 6. The Balaban J connectivity index is 1.19. The van der Waals surface area contributed by atoms with E-state index in [0.717, 1.165) is 44.3 Å². The molecule has 0 bridgehead atoms. The fraction of sp³-hybridized carbons (Fsp3) is 0.200. The predicted octanol–water partition coefficient (Wildman–Crippen LogP) is 7.66. The number of benzene rings is 4. The first-order chi connectivity index (χ1) is 21.5. The van der Waals surface area contributed by atoms with Crippen molar-refractivity contribution in [3.8, 4) is 34.3 Å². The lowest BCUT2D eigenvalue weighted by Crippen LogP contribution is -2.30. The second-order valence-corrected chi connectivity index (χ2v) is 11.7. The number of hydrogen-bond acceptors (Lipinski definition) is 5. The van der Waals surface area contributed by atoms with Crippen LogP contribution in [0.5, 0.6) is 11.5 Å². The predicted molar refractivity (Wildman–Crippen MR) is 178 cm³/mol. The van der Waals surface area contributed by atoms with Crippen molar-refractivity contribution >= 4 is 33.7 Å². The third-order valence-electron chi connectivity index (χ3n) is 7.29. The summed E-state index contributed by atoms with van der Waals surface area (Å²) >= 11 is 0. The first-order valence-corrected chi connectivity index (χ1v) is 14.8. The second-order valence-electron chi connectivity index (χ2n) is 11.7. The maximum absolute atomic E-state index is 15.3. The van der Waals surface area contributed by atoms with Gasteiger partial charge < -0.3 is 25.3 Å². The largest absolute Gasteiger partial charge is 0.454 e. The molecule has 6 N–H and O–H groups in total. The van der Waals surface area contributed by atoms with E-state index in [1.54, 1.807) is 18.2 Å². The van der Waals surface area contributed by atoms with Crippen LogP contribution in [0.1, 0.15) is 44.4 Å². The highest BCUT2D eigenvalue weighted by Gasteiger charge is 2.15. The normalized spacial score (nSPS) is 11.5. The number of fused-ring (bicyclic) bond motifs is 2. The molecule has 0 spiro atoms. The maximum atomic E-state index is 15.3. The quantitative estimate of drug-likeness (QED) is 0.0785. The molecule has 0 radical (unpaired) electrons. The molecule has 45 heavy (non-hydrogen) atoms. The molecule has 0 aliphatic rings. The fourth-order valence-electron chi connectivity index (χ4n) is 5.16. The smallest absolute Gasteiger partial charge is 0.166 e. The summed E-state index contributed by atoms with van der Waals surface area (Å²) in [5.41, 5.74) is 7.07. The van der Waals surface area contributed by atoms with Gasteiger partial charge in [-0.25, -0.2) is 14.4 Å². The lowest BCUT2D eigenvalue weighted by molar-refractivity contribution is 0.442. The number of aryl methyl sites for hydroxylation is 1. The Labute approximate surface area is 260 Å². The molecule has 6 rings (SSSR count). The summed E-state index contributed by atoms with van der Waals surface area (Å²) in [4.78, 5) is 16.0. The van der Waals surface area contributed by atoms with Crippen molar-refractivity contribution < 1.29 is 9.13 Å². The van der Waals surface area contributed by atoms with Crippen LogP contribution < -0.4 is 15.4 Å². The molecule has 0 saturated carbocycles. The van der Waals surface area contributed by atoms with Crippen LogP contribution in [-0.2, 0) is 0 Å². The van der Waals surface area contributed by atoms with Crippen LogP contribution in [0.25, 0.3) is 44.8 Å². The van der Waals surface area contributed by atoms with E-state index in [9.17, 15) is 0 Å². The number of aromatic nitrogens is 4. The van der Waals surface area contributed by atoms with Crippen molar-refractivity contribution in [3.05, 3.63) is 95.3 Å². The number of halogens is 1. The molecule has 4 aromatic carbocycles. The highest BCUT2D eigenvalue weighted by molar-refractivity contribution is 6.00. The van der Waals surface area contributed by atoms with Crippen molar-refractivity contribution in [2.24, 2.45) is 0 Å². The third kappa shape index (κ3) is 6.26. The number of nitrogens with one attached hydrogen (secondary N) is 6. The van der Waals surface area contributed by atoms with Crippen molar-refractivity contribution in [3.63, 3.8) is 0 Å². The van der Waals surface area contributed by atoms with Crippen LogP contribution in [0.15, 0.2) is 72.8 Å². The van der Waals surface area contributed by atoms with Gasteiger partial charge in [-0.3, -0.25) is 10.8 Å². The van der Waals surface area contributed by atoms with Gasteiger partial charge in [0.2, 0.25) is 0 Å². The summed E-state index contributed by atoms with van der Waals surface area (Å²) in [6.45, 7) is 9.92. The molecule has 228 valence electrons. The number of H-pyrrole nitrogens is 2. The number of imidazole rings is 2. The van der Waals surface area contributed by atoms with Crippen LogP contribution in [-0.4, -0.2) is 43.7 Å². The molecule has 0 aliphatic carbocycles. The van der Waals surface area contributed by atoms with Crippen LogP contribution in [0, 0.1) is 23.6 Å². The van der Waals surface area contributed by atoms with Crippen molar-refractivity contribution in [1.82, 2.24) is 30.6 Å². The van der Waals surface area contributed by atoms with Crippen molar-refractivity contribution in [2.75, 3.05) is 0 Å². The molecule has 0 fully saturated rings. The van der Waals surface area contributed by atoms with Gasteiger partial charge in [0.15, 0.2) is 11.6 Å². The van der Waals surface area contributed by atoms with Crippen LogP contribution >= 0.6 is 0 Å². The van der Waals surface area contributed by atoms with E-state index in [1.807, 2.05) is 83.1 Å². The van der Waals surface area contributed by atoms with E-state index in [4.69, 9.17) is 20.5 Å². The van der Waals surface area contributed by atoms with E-state index in [2.05, 4.69) is 25.6 Å². The Bertz CT molecular complexity index is 2070. The van der Waals surface area contributed by atoms with Crippen LogP contribution in [0.2, 0.25) is 0 Å². The van der Waals surface area contributed by atoms with E-state index < -0.39 is 5.82 Å². The monoisotopic (exact) mass is 602 g/mol. The lowest BCUT2D eigenvalue weighted by Gasteiger charge is -2.11. The Hall–Kier alpha value is -5.51. The van der Waals surface area contributed by atoms with Gasteiger partial charge in [-0.05, 0) is 113 Å². The average molecular weight is 603 g/mol. The zero-order valence-corrected chi connectivity index (χ0v) is 25.8. The minimum absolute atomic E-state index is 0.103. The molecule has 9 nitrogen and oxygen atoms in total. The van der Waals surface area contributed by atoms with Crippen LogP contribution in [0.4, 0.5) is 4.39 Å². The average Bonchev–Trinajstić information content (AvgIpc) is 3.61. The Kier molecular flexibility index (Phi) is 7.80. The molecule has 0 aliphatic heterocycles. The summed E-state index contributed by atoms with van der Waals surface area (Å²) < 4.78 is 21.2. The van der Waals surface area contributed by atoms with Gasteiger partial charge in [0.1, 0.15) is 29.1 Å². The Morgan fingerprint density at radius 1 is 0.733 bits per heavy atom.